The monoisotopic (exact) mass is 277 g/mol. The van der Waals surface area contributed by atoms with Crippen LogP contribution in [0.2, 0.25) is 0 Å². The van der Waals surface area contributed by atoms with Crippen LogP contribution in [0.1, 0.15) is 23.2 Å². The van der Waals surface area contributed by atoms with E-state index in [1.165, 1.54) is 4.90 Å². The van der Waals surface area contributed by atoms with E-state index in [4.69, 9.17) is 11.6 Å². The van der Waals surface area contributed by atoms with Crippen LogP contribution in [0.5, 0.6) is 0 Å². The molecule has 0 bridgehead atoms. The Kier molecular flexibility index (Phi) is 3.80. The van der Waals surface area contributed by atoms with Crippen molar-refractivity contribution in [3.63, 3.8) is 0 Å². The Hall–Kier alpha value is -1.23. The highest BCUT2D eigenvalue weighted by atomic mass is 35.5. The van der Waals surface area contributed by atoms with Crippen LogP contribution in [0, 0.1) is 17.5 Å². The van der Waals surface area contributed by atoms with Crippen molar-refractivity contribution in [1.82, 2.24) is 4.90 Å². The van der Waals surface area contributed by atoms with Gasteiger partial charge in [0.1, 0.15) is 23.0 Å². The van der Waals surface area contributed by atoms with Gasteiger partial charge in [-0.1, -0.05) is 0 Å². The van der Waals surface area contributed by atoms with Gasteiger partial charge in [-0.25, -0.2) is 13.2 Å². The quantitative estimate of drug-likeness (QED) is 0.723. The molecule has 0 aromatic heterocycles. The molecule has 2 nitrogen and oxygen atoms in total. The van der Waals surface area contributed by atoms with E-state index < -0.39 is 28.9 Å². The molecule has 0 spiro atoms. The van der Waals surface area contributed by atoms with E-state index in [0.29, 0.717) is 25.1 Å². The van der Waals surface area contributed by atoms with Gasteiger partial charge in [0, 0.05) is 25.2 Å². The minimum Gasteiger partial charge on any atom is -0.337 e. The second-order valence-corrected chi connectivity index (χ2v) is 4.85. The van der Waals surface area contributed by atoms with E-state index in [0.717, 1.165) is 6.42 Å². The molecule has 0 N–H and O–H groups in total. The Morgan fingerprint density at radius 2 is 1.89 bits per heavy atom. The summed E-state index contributed by atoms with van der Waals surface area (Å²) in [6.07, 6.45) is 1.45. The summed E-state index contributed by atoms with van der Waals surface area (Å²) < 4.78 is 39.7. The number of carbonyl (C=O) groups is 1. The number of hydrogen-bond donors (Lipinski definition) is 0. The number of hydrogen-bond acceptors (Lipinski definition) is 1. The third-order valence-electron chi connectivity index (χ3n) is 2.87. The fraction of sp³-hybridized carbons (Fsp3) is 0.417. The van der Waals surface area contributed by atoms with Crippen molar-refractivity contribution in [3.05, 3.63) is 35.1 Å². The summed E-state index contributed by atoms with van der Waals surface area (Å²) in [6, 6.07) is 0.997. The molecular weight excluding hydrogens is 267 g/mol. The van der Waals surface area contributed by atoms with Gasteiger partial charge in [0.15, 0.2) is 0 Å². The van der Waals surface area contributed by atoms with Crippen molar-refractivity contribution in [2.75, 3.05) is 13.1 Å². The highest BCUT2D eigenvalue weighted by Gasteiger charge is 2.27. The highest BCUT2D eigenvalue weighted by molar-refractivity contribution is 6.21. The molecule has 18 heavy (non-hydrogen) atoms. The number of amides is 1. The van der Waals surface area contributed by atoms with Gasteiger partial charge < -0.3 is 4.90 Å². The first-order valence-corrected chi connectivity index (χ1v) is 6.00. The van der Waals surface area contributed by atoms with Crippen molar-refractivity contribution in [3.8, 4) is 0 Å². The predicted molar refractivity (Wildman–Crippen MR) is 61.1 cm³/mol. The molecular formula is C12H11ClF3NO. The molecule has 1 fully saturated rings. The highest BCUT2D eigenvalue weighted by Crippen LogP contribution is 2.21. The topological polar surface area (TPSA) is 20.3 Å². The third-order valence-corrected chi connectivity index (χ3v) is 3.23. The molecule has 0 aliphatic carbocycles. The van der Waals surface area contributed by atoms with Crippen LogP contribution in [0.25, 0.3) is 0 Å². The van der Waals surface area contributed by atoms with Gasteiger partial charge >= 0.3 is 0 Å². The van der Waals surface area contributed by atoms with Crippen LogP contribution in [-0.4, -0.2) is 29.3 Å². The Morgan fingerprint density at radius 3 is 2.44 bits per heavy atom. The lowest BCUT2D eigenvalue weighted by atomic mass is 10.1. The Morgan fingerprint density at radius 1 is 1.28 bits per heavy atom. The smallest absolute Gasteiger partial charge is 0.259 e. The van der Waals surface area contributed by atoms with Crippen molar-refractivity contribution in [1.29, 1.82) is 0 Å². The van der Waals surface area contributed by atoms with Crippen LogP contribution in [0.3, 0.4) is 0 Å². The molecule has 1 aliphatic heterocycles. The lowest BCUT2D eigenvalue weighted by Gasteiger charge is -2.30. The maximum Gasteiger partial charge on any atom is 0.259 e. The minimum absolute atomic E-state index is 0.214. The number of piperidine rings is 1. The number of likely N-dealkylation sites (tertiary alicyclic amines) is 1. The third kappa shape index (κ3) is 2.61. The second kappa shape index (κ2) is 5.18. The van der Waals surface area contributed by atoms with Gasteiger partial charge in [-0.3, -0.25) is 4.79 Å². The first-order chi connectivity index (χ1) is 8.49. The zero-order valence-electron chi connectivity index (χ0n) is 9.43. The molecule has 98 valence electrons. The van der Waals surface area contributed by atoms with Crippen molar-refractivity contribution < 1.29 is 18.0 Å². The zero-order chi connectivity index (χ0) is 13.3. The standard InChI is InChI=1S/C12H11ClF3NO/c13-7-2-1-3-17(6-7)12(18)11-9(15)4-8(14)5-10(11)16/h4-5,7H,1-3,6H2. The molecule has 1 amide bonds. The lowest BCUT2D eigenvalue weighted by Crippen LogP contribution is -2.41. The van der Waals surface area contributed by atoms with Crippen LogP contribution in [0.15, 0.2) is 12.1 Å². The van der Waals surface area contributed by atoms with Gasteiger partial charge in [0.2, 0.25) is 0 Å². The number of rotatable bonds is 1. The number of carbonyl (C=O) groups excluding carboxylic acids is 1. The van der Waals surface area contributed by atoms with Gasteiger partial charge in [-0.2, -0.15) is 0 Å². The maximum atomic E-state index is 13.5. The van der Waals surface area contributed by atoms with Gasteiger partial charge in [0.05, 0.1) is 5.38 Å². The van der Waals surface area contributed by atoms with E-state index in [-0.39, 0.29) is 11.9 Å². The Bertz CT molecular complexity index is 457. The molecule has 1 atom stereocenters. The molecule has 1 aromatic rings. The first-order valence-electron chi connectivity index (χ1n) is 5.57. The van der Waals surface area contributed by atoms with Crippen LogP contribution < -0.4 is 0 Å². The Balaban J connectivity index is 2.28. The number of alkyl halides is 1. The maximum absolute atomic E-state index is 13.5. The zero-order valence-corrected chi connectivity index (χ0v) is 10.2. The average Bonchev–Trinajstić information content (AvgIpc) is 2.27. The van der Waals surface area contributed by atoms with Gasteiger partial charge in [-0.05, 0) is 12.8 Å². The van der Waals surface area contributed by atoms with Crippen molar-refractivity contribution >= 4 is 17.5 Å². The number of benzene rings is 1. The molecule has 1 aliphatic rings. The summed E-state index contributed by atoms with van der Waals surface area (Å²) in [5.74, 6) is -4.20. The van der Waals surface area contributed by atoms with Crippen molar-refractivity contribution in [2.45, 2.75) is 18.2 Å². The second-order valence-electron chi connectivity index (χ2n) is 4.24. The summed E-state index contributed by atoms with van der Waals surface area (Å²) in [6.45, 7) is 0.648. The molecule has 1 saturated heterocycles. The number of halogens is 4. The predicted octanol–water partition coefficient (Wildman–Crippen LogP) is 2.95. The van der Waals surface area contributed by atoms with Crippen LogP contribution >= 0.6 is 11.6 Å². The SMILES string of the molecule is O=C(c1c(F)cc(F)cc1F)N1CCCC(Cl)C1. The molecule has 2 rings (SSSR count). The average molecular weight is 278 g/mol. The molecule has 0 saturated carbocycles. The fourth-order valence-electron chi connectivity index (χ4n) is 2.01. The van der Waals surface area contributed by atoms with Crippen molar-refractivity contribution in [2.24, 2.45) is 0 Å². The van der Waals surface area contributed by atoms with Gasteiger partial charge in [0.25, 0.3) is 5.91 Å². The summed E-state index contributed by atoms with van der Waals surface area (Å²) >= 11 is 5.91. The van der Waals surface area contributed by atoms with E-state index >= 15 is 0 Å². The largest absolute Gasteiger partial charge is 0.337 e. The molecule has 1 aromatic carbocycles. The fourth-order valence-corrected chi connectivity index (χ4v) is 2.34. The molecule has 6 heteroatoms. The van der Waals surface area contributed by atoms with E-state index in [1.807, 2.05) is 0 Å². The summed E-state index contributed by atoms with van der Waals surface area (Å²) in [5.41, 5.74) is -0.720. The molecule has 1 unspecified atom stereocenters. The lowest BCUT2D eigenvalue weighted by molar-refractivity contribution is 0.0717. The van der Waals surface area contributed by atoms with E-state index in [1.54, 1.807) is 0 Å². The van der Waals surface area contributed by atoms with Gasteiger partial charge in [-0.15, -0.1) is 11.6 Å². The molecule has 1 heterocycles. The minimum atomic E-state index is -1.19. The summed E-state index contributed by atoms with van der Waals surface area (Å²) in [7, 11) is 0. The van der Waals surface area contributed by atoms with E-state index in [9.17, 15) is 18.0 Å². The summed E-state index contributed by atoms with van der Waals surface area (Å²) in [4.78, 5) is 13.3. The van der Waals surface area contributed by atoms with Crippen LogP contribution in [-0.2, 0) is 0 Å². The normalized spacial score (nSPS) is 20.0. The van der Waals surface area contributed by atoms with E-state index in [2.05, 4.69) is 0 Å². The molecule has 0 radical (unpaired) electrons. The Labute approximate surface area is 107 Å². The number of nitrogens with zero attached hydrogens (tertiary/aromatic N) is 1. The first kappa shape index (κ1) is 13.2. The van der Waals surface area contributed by atoms with Crippen LogP contribution in [0.4, 0.5) is 13.2 Å². The summed E-state index contributed by atoms with van der Waals surface area (Å²) in [5, 5.41) is -0.214.